The third-order valence-electron chi connectivity index (χ3n) is 2.48. The largest absolute Gasteiger partial charge is 0.296 e. The van der Waals surface area contributed by atoms with Crippen LogP contribution in [0.3, 0.4) is 0 Å². The second-order valence-electron chi connectivity index (χ2n) is 3.62. The number of halogens is 1. The highest BCUT2D eigenvalue weighted by atomic mass is 19.1. The predicted molar refractivity (Wildman–Crippen MR) is 57.8 cm³/mol. The van der Waals surface area contributed by atoms with E-state index in [1.54, 1.807) is 23.3 Å². The first-order valence-corrected chi connectivity index (χ1v) is 4.86. The Bertz CT molecular complexity index is 653. The third-order valence-corrected chi connectivity index (χ3v) is 2.48. The van der Waals surface area contributed by atoms with Crippen molar-refractivity contribution in [1.82, 2.24) is 19.3 Å². The number of benzene rings is 1. The SMILES string of the molecule is Cn1cc(-n2cnc3ccc(F)cc32)cn1. The summed E-state index contributed by atoms with van der Waals surface area (Å²) in [6.45, 7) is 0. The fourth-order valence-corrected chi connectivity index (χ4v) is 1.72. The molecule has 0 fully saturated rings. The van der Waals surface area contributed by atoms with Gasteiger partial charge in [-0.05, 0) is 12.1 Å². The van der Waals surface area contributed by atoms with Gasteiger partial charge >= 0.3 is 0 Å². The Hall–Kier alpha value is -2.17. The topological polar surface area (TPSA) is 35.6 Å². The fraction of sp³-hybridized carbons (Fsp3) is 0.0909. The molecule has 4 nitrogen and oxygen atoms in total. The van der Waals surface area contributed by atoms with Crippen molar-refractivity contribution in [2.75, 3.05) is 0 Å². The van der Waals surface area contributed by atoms with Gasteiger partial charge in [-0.1, -0.05) is 0 Å². The Morgan fingerprint density at radius 1 is 1.31 bits per heavy atom. The molecule has 3 rings (SSSR count). The summed E-state index contributed by atoms with van der Waals surface area (Å²) in [7, 11) is 1.84. The molecule has 0 unspecified atom stereocenters. The monoisotopic (exact) mass is 216 g/mol. The molecule has 0 radical (unpaired) electrons. The van der Waals surface area contributed by atoms with Crippen LogP contribution in [0, 0.1) is 5.82 Å². The third kappa shape index (κ3) is 1.29. The van der Waals surface area contributed by atoms with E-state index in [4.69, 9.17) is 0 Å². The number of fused-ring (bicyclic) bond motifs is 1. The summed E-state index contributed by atoms with van der Waals surface area (Å²) in [5.74, 6) is -0.266. The molecule has 5 heteroatoms. The molecule has 0 bridgehead atoms. The van der Waals surface area contributed by atoms with Gasteiger partial charge in [0.2, 0.25) is 0 Å². The molecule has 16 heavy (non-hydrogen) atoms. The van der Waals surface area contributed by atoms with Crippen molar-refractivity contribution in [2.24, 2.45) is 7.05 Å². The maximum Gasteiger partial charge on any atom is 0.125 e. The van der Waals surface area contributed by atoms with Crippen LogP contribution in [0.15, 0.2) is 36.9 Å². The first-order valence-electron chi connectivity index (χ1n) is 4.86. The van der Waals surface area contributed by atoms with Crippen molar-refractivity contribution in [2.45, 2.75) is 0 Å². The standard InChI is InChI=1S/C11H9FN4/c1-15-6-9(5-14-15)16-7-13-10-3-2-8(12)4-11(10)16/h2-7H,1H3. The molecule has 0 saturated heterocycles. The average molecular weight is 216 g/mol. The Morgan fingerprint density at radius 3 is 2.94 bits per heavy atom. The van der Waals surface area contributed by atoms with Crippen LogP contribution in [-0.2, 0) is 7.05 Å². The zero-order valence-electron chi connectivity index (χ0n) is 8.63. The molecular formula is C11H9FN4. The summed E-state index contributed by atoms with van der Waals surface area (Å²) in [6.07, 6.45) is 5.24. The minimum absolute atomic E-state index is 0.266. The minimum Gasteiger partial charge on any atom is -0.296 e. The normalized spacial score (nSPS) is 11.1. The smallest absolute Gasteiger partial charge is 0.125 e. The van der Waals surface area contributed by atoms with E-state index in [-0.39, 0.29) is 5.82 Å². The minimum atomic E-state index is -0.266. The van der Waals surface area contributed by atoms with Crippen LogP contribution in [0.1, 0.15) is 0 Å². The molecule has 0 spiro atoms. The number of rotatable bonds is 1. The summed E-state index contributed by atoms with van der Waals surface area (Å²) in [5.41, 5.74) is 2.38. The summed E-state index contributed by atoms with van der Waals surface area (Å²) >= 11 is 0. The van der Waals surface area contributed by atoms with E-state index in [9.17, 15) is 4.39 Å². The summed E-state index contributed by atoms with van der Waals surface area (Å²) in [6, 6.07) is 4.54. The van der Waals surface area contributed by atoms with Crippen molar-refractivity contribution in [1.29, 1.82) is 0 Å². The molecule has 0 N–H and O–H groups in total. The van der Waals surface area contributed by atoms with Gasteiger partial charge in [0, 0.05) is 19.3 Å². The van der Waals surface area contributed by atoms with Crippen LogP contribution in [0.2, 0.25) is 0 Å². The Kier molecular flexibility index (Phi) is 1.80. The van der Waals surface area contributed by atoms with Crippen LogP contribution in [0.4, 0.5) is 4.39 Å². The maximum atomic E-state index is 13.2. The fourth-order valence-electron chi connectivity index (χ4n) is 1.72. The lowest BCUT2D eigenvalue weighted by Crippen LogP contribution is -1.90. The quantitative estimate of drug-likeness (QED) is 0.622. The second kappa shape index (κ2) is 3.16. The molecule has 3 aromatic rings. The van der Waals surface area contributed by atoms with E-state index in [0.717, 1.165) is 16.7 Å². The number of aryl methyl sites for hydroxylation is 1. The summed E-state index contributed by atoms with van der Waals surface area (Å²) in [4.78, 5) is 4.20. The van der Waals surface area contributed by atoms with Crippen LogP contribution < -0.4 is 0 Å². The Labute approximate surface area is 90.9 Å². The van der Waals surface area contributed by atoms with Gasteiger partial charge in [-0.15, -0.1) is 0 Å². The zero-order chi connectivity index (χ0) is 11.1. The summed E-state index contributed by atoms with van der Waals surface area (Å²) in [5, 5.41) is 4.08. The highest BCUT2D eigenvalue weighted by Crippen LogP contribution is 2.18. The first kappa shape index (κ1) is 9.08. The van der Waals surface area contributed by atoms with Crippen LogP contribution in [0.25, 0.3) is 16.7 Å². The average Bonchev–Trinajstić information content (AvgIpc) is 2.83. The Balaban J connectivity index is 2.27. The van der Waals surface area contributed by atoms with Gasteiger partial charge < -0.3 is 0 Å². The molecule has 0 aliphatic carbocycles. The molecule has 0 aliphatic rings. The first-order chi connectivity index (χ1) is 7.74. The molecule has 0 aliphatic heterocycles. The van der Waals surface area contributed by atoms with Crippen LogP contribution in [-0.4, -0.2) is 19.3 Å². The molecule has 0 saturated carbocycles. The number of imidazole rings is 1. The lowest BCUT2D eigenvalue weighted by atomic mass is 10.3. The van der Waals surface area contributed by atoms with E-state index in [0.29, 0.717) is 0 Å². The molecule has 2 heterocycles. The van der Waals surface area contributed by atoms with Crippen molar-refractivity contribution >= 4 is 11.0 Å². The van der Waals surface area contributed by atoms with Gasteiger partial charge in [-0.3, -0.25) is 9.25 Å². The number of hydrogen-bond acceptors (Lipinski definition) is 2. The molecule has 1 aromatic carbocycles. The van der Waals surface area contributed by atoms with Gasteiger partial charge in [0.25, 0.3) is 0 Å². The van der Waals surface area contributed by atoms with Crippen molar-refractivity contribution in [3.63, 3.8) is 0 Å². The molecular weight excluding hydrogens is 207 g/mol. The molecule has 0 atom stereocenters. The highest BCUT2D eigenvalue weighted by molar-refractivity contribution is 5.77. The van der Waals surface area contributed by atoms with E-state index in [2.05, 4.69) is 10.1 Å². The number of aromatic nitrogens is 4. The van der Waals surface area contributed by atoms with Crippen molar-refractivity contribution in [3.05, 3.63) is 42.7 Å². The number of hydrogen-bond donors (Lipinski definition) is 0. The van der Waals surface area contributed by atoms with Gasteiger partial charge in [-0.25, -0.2) is 9.37 Å². The second-order valence-corrected chi connectivity index (χ2v) is 3.62. The predicted octanol–water partition coefficient (Wildman–Crippen LogP) is 1.90. The molecule has 0 amide bonds. The van der Waals surface area contributed by atoms with Crippen LogP contribution in [0.5, 0.6) is 0 Å². The number of nitrogens with zero attached hydrogens (tertiary/aromatic N) is 4. The lowest BCUT2D eigenvalue weighted by Gasteiger charge is -1.99. The maximum absolute atomic E-state index is 13.2. The molecule has 2 aromatic heterocycles. The van der Waals surface area contributed by atoms with Gasteiger partial charge in [0.15, 0.2) is 0 Å². The lowest BCUT2D eigenvalue weighted by molar-refractivity contribution is 0.629. The van der Waals surface area contributed by atoms with E-state index in [1.807, 2.05) is 17.8 Å². The van der Waals surface area contributed by atoms with Gasteiger partial charge in [0.1, 0.15) is 12.1 Å². The van der Waals surface area contributed by atoms with Crippen molar-refractivity contribution in [3.8, 4) is 5.69 Å². The summed E-state index contributed by atoms with van der Waals surface area (Å²) < 4.78 is 16.7. The highest BCUT2D eigenvalue weighted by Gasteiger charge is 2.06. The zero-order valence-corrected chi connectivity index (χ0v) is 8.63. The van der Waals surface area contributed by atoms with Crippen molar-refractivity contribution < 1.29 is 4.39 Å². The Morgan fingerprint density at radius 2 is 2.19 bits per heavy atom. The van der Waals surface area contributed by atoms with Gasteiger partial charge in [-0.2, -0.15) is 5.10 Å². The van der Waals surface area contributed by atoms with E-state index >= 15 is 0 Å². The molecule has 80 valence electrons. The van der Waals surface area contributed by atoms with E-state index < -0.39 is 0 Å². The van der Waals surface area contributed by atoms with E-state index in [1.165, 1.54) is 12.1 Å². The van der Waals surface area contributed by atoms with Crippen LogP contribution >= 0.6 is 0 Å². The van der Waals surface area contributed by atoms with Gasteiger partial charge in [0.05, 0.1) is 22.9 Å².